The van der Waals surface area contributed by atoms with Crippen LogP contribution in [0.3, 0.4) is 0 Å². The van der Waals surface area contributed by atoms with Crippen molar-refractivity contribution in [2.24, 2.45) is 0 Å². The van der Waals surface area contributed by atoms with Gasteiger partial charge >= 0.3 is 0 Å². The van der Waals surface area contributed by atoms with E-state index in [0.29, 0.717) is 12.1 Å². The molecule has 0 radical (unpaired) electrons. The van der Waals surface area contributed by atoms with Crippen molar-refractivity contribution in [2.75, 3.05) is 0 Å². The second-order valence-corrected chi connectivity index (χ2v) is 3.56. The van der Waals surface area contributed by atoms with E-state index in [4.69, 9.17) is 0 Å². The van der Waals surface area contributed by atoms with E-state index in [1.54, 1.807) is 0 Å². The first-order valence-corrected chi connectivity index (χ1v) is 4.96. The lowest BCUT2D eigenvalue weighted by atomic mass is 10.1. The summed E-state index contributed by atoms with van der Waals surface area (Å²) in [7, 11) is 0. The first kappa shape index (κ1) is 10.7. The maximum atomic E-state index is 13.6. The molecule has 2 heterocycles. The largest absolute Gasteiger partial charge is 0.252 e. The van der Waals surface area contributed by atoms with Gasteiger partial charge in [-0.05, 0) is 6.07 Å². The summed E-state index contributed by atoms with van der Waals surface area (Å²) in [6.45, 7) is 0. The summed E-state index contributed by atoms with van der Waals surface area (Å²) < 4.78 is 41.3. The number of hydrogen-bond acceptors (Lipinski definition) is 3. The zero-order valence-electron chi connectivity index (χ0n) is 8.81. The van der Waals surface area contributed by atoms with Crippen LogP contribution in [0.25, 0.3) is 17.0 Å². The fourth-order valence-corrected chi connectivity index (χ4v) is 1.64. The summed E-state index contributed by atoms with van der Waals surface area (Å²) in [6.07, 6.45) is 2.73. The van der Waals surface area contributed by atoms with Gasteiger partial charge in [0.15, 0.2) is 0 Å². The Hall–Kier alpha value is -2.44. The maximum Gasteiger partial charge on any atom is 0.252 e. The molecule has 4 nitrogen and oxygen atoms in total. The molecule has 7 heteroatoms. The number of halogens is 3. The van der Waals surface area contributed by atoms with E-state index >= 15 is 0 Å². The third kappa shape index (κ3) is 1.60. The van der Waals surface area contributed by atoms with Gasteiger partial charge in [-0.25, -0.2) is 22.7 Å². The van der Waals surface area contributed by atoms with E-state index in [9.17, 15) is 13.2 Å². The summed E-state index contributed by atoms with van der Waals surface area (Å²) >= 11 is 0. The summed E-state index contributed by atoms with van der Waals surface area (Å²) in [6, 6.07) is 2.59. The average Bonchev–Trinajstić information content (AvgIpc) is 2.74. The van der Waals surface area contributed by atoms with Gasteiger partial charge in [-0.1, -0.05) is 0 Å². The average molecular weight is 250 g/mol. The van der Waals surface area contributed by atoms with Gasteiger partial charge in [0.05, 0.1) is 11.3 Å². The van der Waals surface area contributed by atoms with E-state index in [1.807, 2.05) is 0 Å². The van der Waals surface area contributed by atoms with E-state index in [0.717, 1.165) is 0 Å². The zero-order valence-corrected chi connectivity index (χ0v) is 8.81. The van der Waals surface area contributed by atoms with Gasteiger partial charge < -0.3 is 0 Å². The first-order chi connectivity index (χ1) is 8.65. The molecule has 0 saturated heterocycles. The molecule has 0 spiro atoms. The van der Waals surface area contributed by atoms with Crippen LogP contribution in [0.5, 0.6) is 0 Å². The number of nitrogens with zero attached hydrogens (tertiary/aromatic N) is 4. The third-order valence-corrected chi connectivity index (χ3v) is 2.41. The highest BCUT2D eigenvalue weighted by Crippen LogP contribution is 2.25. The predicted molar refractivity (Wildman–Crippen MR) is 56.1 cm³/mol. The molecule has 0 bridgehead atoms. The van der Waals surface area contributed by atoms with Crippen molar-refractivity contribution in [1.82, 2.24) is 19.6 Å². The highest BCUT2D eigenvalue weighted by Gasteiger charge is 2.15. The maximum absolute atomic E-state index is 13.6. The molecule has 0 fully saturated rings. The highest BCUT2D eigenvalue weighted by molar-refractivity contribution is 5.62. The lowest BCUT2D eigenvalue weighted by molar-refractivity contribution is 0.547. The lowest BCUT2D eigenvalue weighted by Gasteiger charge is -2.04. The molecule has 3 rings (SSSR count). The number of aromatic nitrogens is 4. The molecule has 2 aromatic heterocycles. The first-order valence-electron chi connectivity index (χ1n) is 4.96. The smallest absolute Gasteiger partial charge is 0.211 e. The molecule has 0 unspecified atom stereocenters. The highest BCUT2D eigenvalue weighted by atomic mass is 19.1. The topological polar surface area (TPSA) is 43.1 Å². The van der Waals surface area contributed by atoms with Gasteiger partial charge in [0, 0.05) is 18.3 Å². The van der Waals surface area contributed by atoms with Crippen molar-refractivity contribution in [1.29, 1.82) is 0 Å². The minimum absolute atomic E-state index is 0.0329. The van der Waals surface area contributed by atoms with Crippen LogP contribution in [0.1, 0.15) is 0 Å². The van der Waals surface area contributed by atoms with Crippen molar-refractivity contribution >= 4 is 5.78 Å². The Labute approximate surface area is 98.7 Å². The SMILES string of the molecule is Fc1cc(F)c(-c2ccn3ncnc3n2)c(F)c1. The fourth-order valence-electron chi connectivity index (χ4n) is 1.64. The quantitative estimate of drug-likeness (QED) is 0.665. The molecular formula is C11H5F3N4. The zero-order chi connectivity index (χ0) is 12.7. The van der Waals surface area contributed by atoms with Gasteiger partial charge in [0.2, 0.25) is 0 Å². The predicted octanol–water partition coefficient (Wildman–Crippen LogP) is 2.21. The molecule has 18 heavy (non-hydrogen) atoms. The van der Waals surface area contributed by atoms with Gasteiger partial charge in [0.1, 0.15) is 23.8 Å². The second kappa shape index (κ2) is 3.80. The monoisotopic (exact) mass is 250 g/mol. The fraction of sp³-hybridized carbons (Fsp3) is 0. The third-order valence-electron chi connectivity index (χ3n) is 2.41. The van der Waals surface area contributed by atoms with Crippen molar-refractivity contribution in [3.05, 3.63) is 48.2 Å². The number of fused-ring (bicyclic) bond motifs is 1. The Morgan fingerprint density at radius 3 is 2.50 bits per heavy atom. The van der Waals surface area contributed by atoms with Crippen molar-refractivity contribution in [3.63, 3.8) is 0 Å². The Morgan fingerprint density at radius 2 is 1.78 bits per heavy atom. The molecule has 90 valence electrons. The normalized spacial score (nSPS) is 11.1. The van der Waals surface area contributed by atoms with E-state index in [1.165, 1.54) is 23.1 Å². The van der Waals surface area contributed by atoms with Crippen LogP contribution in [0, 0.1) is 17.5 Å². The van der Waals surface area contributed by atoms with Crippen LogP contribution in [0.2, 0.25) is 0 Å². The van der Waals surface area contributed by atoms with Gasteiger partial charge in [0.25, 0.3) is 5.78 Å². The molecule has 1 aromatic carbocycles. The van der Waals surface area contributed by atoms with E-state index in [-0.39, 0.29) is 17.0 Å². The molecule has 0 amide bonds. The summed E-state index contributed by atoms with van der Waals surface area (Å²) in [5.41, 5.74) is -0.354. The Balaban J connectivity index is 2.25. The van der Waals surface area contributed by atoms with Crippen LogP contribution in [-0.2, 0) is 0 Å². The number of rotatable bonds is 1. The molecule has 0 aliphatic carbocycles. The van der Waals surface area contributed by atoms with Crippen LogP contribution >= 0.6 is 0 Å². The molecule has 0 aliphatic heterocycles. The molecule has 0 atom stereocenters. The molecule has 0 N–H and O–H groups in total. The molecule has 3 aromatic rings. The minimum atomic E-state index is -1.01. The summed E-state index contributed by atoms with van der Waals surface area (Å²) in [4.78, 5) is 7.75. The van der Waals surface area contributed by atoms with E-state index in [2.05, 4.69) is 15.1 Å². The minimum Gasteiger partial charge on any atom is -0.211 e. The van der Waals surface area contributed by atoms with Crippen LogP contribution < -0.4 is 0 Å². The molecule has 0 aliphatic rings. The van der Waals surface area contributed by atoms with Crippen LogP contribution in [0.15, 0.2) is 30.7 Å². The molecule has 0 saturated carbocycles. The summed E-state index contributed by atoms with van der Waals surface area (Å²) in [5, 5.41) is 3.81. The Kier molecular flexibility index (Phi) is 2.26. The van der Waals surface area contributed by atoms with Crippen molar-refractivity contribution in [2.45, 2.75) is 0 Å². The van der Waals surface area contributed by atoms with Gasteiger partial charge in [-0.3, -0.25) is 0 Å². The Morgan fingerprint density at radius 1 is 1.06 bits per heavy atom. The van der Waals surface area contributed by atoms with Gasteiger partial charge in [-0.15, -0.1) is 0 Å². The second-order valence-electron chi connectivity index (χ2n) is 3.56. The van der Waals surface area contributed by atoms with Crippen molar-refractivity contribution < 1.29 is 13.2 Å². The standard InChI is InChI=1S/C11H5F3N4/c12-6-3-7(13)10(8(14)4-6)9-1-2-18-11(17-9)15-5-16-18/h1-5H. The van der Waals surface area contributed by atoms with Gasteiger partial charge in [-0.2, -0.15) is 10.1 Å². The number of hydrogen-bond donors (Lipinski definition) is 0. The Bertz CT molecular complexity index is 715. The lowest BCUT2D eigenvalue weighted by Crippen LogP contribution is -1.97. The van der Waals surface area contributed by atoms with Crippen molar-refractivity contribution in [3.8, 4) is 11.3 Å². The van der Waals surface area contributed by atoms with Crippen LogP contribution in [-0.4, -0.2) is 19.6 Å². The van der Waals surface area contributed by atoms with E-state index < -0.39 is 17.5 Å². The molecular weight excluding hydrogens is 245 g/mol. The summed E-state index contributed by atoms with van der Waals surface area (Å²) in [5.74, 6) is -2.79. The number of benzene rings is 1. The van der Waals surface area contributed by atoms with Crippen LogP contribution in [0.4, 0.5) is 13.2 Å².